The van der Waals surface area contributed by atoms with Crippen molar-refractivity contribution in [3.8, 4) is 5.75 Å². The van der Waals surface area contributed by atoms with E-state index in [1.807, 2.05) is 12.1 Å². The third-order valence-corrected chi connectivity index (χ3v) is 6.53. The molecular weight excluding hydrogens is 459 g/mol. The zero-order valence-electron chi connectivity index (χ0n) is 19.0. The molecule has 180 valence electrons. The van der Waals surface area contributed by atoms with Crippen LogP contribution in [0.4, 0.5) is 27.5 Å². The number of sulfonamides is 1. The van der Waals surface area contributed by atoms with Gasteiger partial charge in [-0.2, -0.15) is 4.98 Å². The molecule has 0 spiro atoms. The third-order valence-electron chi connectivity index (χ3n) is 5.48. The summed E-state index contributed by atoms with van der Waals surface area (Å²) >= 11 is 0. The number of aryl methyl sites for hydroxylation is 1. The Balaban J connectivity index is 1.50. The standard InChI is InChI=1S/C23H27FN6O3S/c1-15-8-9-17(12-21(15)34(25,31)32)28-23-26-13-20(24)22(29-23)27-16-5-3-6-18(11-16)33-19-7-4-10-30(2)14-19/h3,5-6,8-9,11-13,19H,4,7,10,14H2,1-2H3,(H2,25,31,32)(H2,26,27,28,29). The molecule has 34 heavy (non-hydrogen) atoms. The average Bonchev–Trinajstić information content (AvgIpc) is 2.77. The molecular formula is C23H27FN6O3S. The van der Waals surface area contributed by atoms with Crippen molar-refractivity contribution in [1.29, 1.82) is 0 Å². The Morgan fingerprint density at radius 3 is 2.74 bits per heavy atom. The first-order valence-corrected chi connectivity index (χ1v) is 12.4. The number of hydrogen-bond acceptors (Lipinski definition) is 8. The lowest BCUT2D eigenvalue weighted by Gasteiger charge is -2.30. The van der Waals surface area contributed by atoms with Crippen molar-refractivity contribution in [3.63, 3.8) is 0 Å². The summed E-state index contributed by atoms with van der Waals surface area (Å²) in [5.41, 5.74) is 1.52. The quantitative estimate of drug-likeness (QED) is 0.464. The fourth-order valence-corrected chi connectivity index (χ4v) is 4.63. The Labute approximate surface area is 198 Å². The van der Waals surface area contributed by atoms with Crippen LogP contribution >= 0.6 is 0 Å². The van der Waals surface area contributed by atoms with Gasteiger partial charge in [-0.1, -0.05) is 12.1 Å². The fraction of sp³-hybridized carbons (Fsp3) is 0.304. The molecule has 1 aliphatic heterocycles. The minimum Gasteiger partial charge on any atom is -0.489 e. The Bertz CT molecular complexity index is 1290. The van der Waals surface area contributed by atoms with Gasteiger partial charge in [0.25, 0.3) is 0 Å². The largest absolute Gasteiger partial charge is 0.489 e. The number of nitrogens with two attached hydrogens (primary N) is 1. The summed E-state index contributed by atoms with van der Waals surface area (Å²) in [6, 6.07) is 11.9. The van der Waals surface area contributed by atoms with Crippen LogP contribution in [0.25, 0.3) is 0 Å². The van der Waals surface area contributed by atoms with Crippen LogP contribution in [0, 0.1) is 12.7 Å². The van der Waals surface area contributed by atoms with Crippen molar-refractivity contribution in [2.45, 2.75) is 30.8 Å². The highest BCUT2D eigenvalue weighted by atomic mass is 32.2. The molecule has 9 nitrogen and oxygen atoms in total. The van der Waals surface area contributed by atoms with E-state index in [9.17, 15) is 12.8 Å². The Hall–Kier alpha value is -3.28. The smallest absolute Gasteiger partial charge is 0.238 e. The van der Waals surface area contributed by atoms with E-state index in [-0.39, 0.29) is 22.8 Å². The first kappa shape index (κ1) is 23.9. The molecule has 0 saturated carbocycles. The predicted molar refractivity (Wildman–Crippen MR) is 129 cm³/mol. The third kappa shape index (κ3) is 5.99. The number of hydrogen-bond donors (Lipinski definition) is 3. The molecule has 0 aliphatic carbocycles. The highest BCUT2D eigenvalue weighted by molar-refractivity contribution is 7.89. The van der Waals surface area contributed by atoms with Gasteiger partial charge in [0.2, 0.25) is 16.0 Å². The molecule has 0 amide bonds. The SMILES string of the molecule is Cc1ccc(Nc2ncc(F)c(Nc3cccc(OC4CCCN(C)C4)c3)n2)cc1S(N)(=O)=O. The maximum atomic E-state index is 14.4. The molecule has 3 aromatic rings. The van der Waals surface area contributed by atoms with Crippen LogP contribution in [0.2, 0.25) is 0 Å². The van der Waals surface area contributed by atoms with E-state index in [2.05, 4.69) is 32.5 Å². The van der Waals surface area contributed by atoms with E-state index in [1.54, 1.807) is 31.2 Å². The number of primary sulfonamides is 1. The highest BCUT2D eigenvalue weighted by Gasteiger charge is 2.19. The van der Waals surface area contributed by atoms with Crippen molar-refractivity contribution in [1.82, 2.24) is 14.9 Å². The maximum Gasteiger partial charge on any atom is 0.238 e. The first-order chi connectivity index (χ1) is 16.2. The summed E-state index contributed by atoms with van der Waals surface area (Å²) in [4.78, 5) is 10.4. The number of ether oxygens (including phenoxy) is 1. The molecule has 1 atom stereocenters. The number of benzene rings is 2. The van der Waals surface area contributed by atoms with Gasteiger partial charge in [0, 0.05) is 24.0 Å². The lowest BCUT2D eigenvalue weighted by molar-refractivity contribution is 0.104. The summed E-state index contributed by atoms with van der Waals surface area (Å²) in [5.74, 6) is 0.102. The molecule has 4 N–H and O–H groups in total. The number of rotatable bonds is 7. The Morgan fingerprint density at radius 1 is 1.18 bits per heavy atom. The van der Waals surface area contributed by atoms with Crippen molar-refractivity contribution < 1.29 is 17.5 Å². The van der Waals surface area contributed by atoms with Crippen LogP contribution in [0.5, 0.6) is 5.75 Å². The fourth-order valence-electron chi connectivity index (χ4n) is 3.82. The van der Waals surface area contributed by atoms with Crippen molar-refractivity contribution in [2.24, 2.45) is 5.14 Å². The second-order valence-corrected chi connectivity index (χ2v) is 9.87. The number of likely N-dealkylation sites (tertiary alicyclic amines) is 1. The van der Waals surface area contributed by atoms with Gasteiger partial charge in [-0.15, -0.1) is 0 Å². The Morgan fingerprint density at radius 2 is 1.97 bits per heavy atom. The maximum absolute atomic E-state index is 14.4. The number of piperidine rings is 1. The number of nitrogens with zero attached hydrogens (tertiary/aromatic N) is 3. The number of nitrogens with one attached hydrogen (secondary N) is 2. The molecule has 1 fully saturated rings. The van der Waals surface area contributed by atoms with E-state index in [0.29, 0.717) is 22.7 Å². The Kier molecular flexibility index (Phi) is 6.96. The zero-order valence-corrected chi connectivity index (χ0v) is 19.8. The van der Waals surface area contributed by atoms with Crippen molar-refractivity contribution in [3.05, 3.63) is 60.0 Å². The van der Waals surface area contributed by atoms with Gasteiger partial charge in [-0.25, -0.2) is 22.9 Å². The first-order valence-electron chi connectivity index (χ1n) is 10.8. The van der Waals surface area contributed by atoms with E-state index in [0.717, 1.165) is 32.1 Å². The van der Waals surface area contributed by atoms with Gasteiger partial charge in [-0.05, 0) is 63.2 Å². The summed E-state index contributed by atoms with van der Waals surface area (Å²) in [6.45, 7) is 3.57. The topological polar surface area (TPSA) is 122 Å². The summed E-state index contributed by atoms with van der Waals surface area (Å²) in [5, 5.41) is 11.1. The van der Waals surface area contributed by atoms with E-state index >= 15 is 0 Å². The van der Waals surface area contributed by atoms with E-state index in [4.69, 9.17) is 9.88 Å². The molecule has 1 unspecified atom stereocenters. The average molecular weight is 487 g/mol. The van der Waals surface area contributed by atoms with Gasteiger partial charge < -0.3 is 20.3 Å². The summed E-state index contributed by atoms with van der Waals surface area (Å²) in [6.07, 6.45) is 3.21. The monoisotopic (exact) mass is 486 g/mol. The van der Waals surface area contributed by atoms with Gasteiger partial charge in [0.05, 0.1) is 11.1 Å². The summed E-state index contributed by atoms with van der Waals surface area (Å²) in [7, 11) is -1.82. The van der Waals surface area contributed by atoms with Crippen LogP contribution in [0.3, 0.4) is 0 Å². The zero-order chi connectivity index (χ0) is 24.3. The van der Waals surface area contributed by atoms with Crippen LogP contribution in [0.15, 0.2) is 53.6 Å². The van der Waals surface area contributed by atoms with Crippen molar-refractivity contribution in [2.75, 3.05) is 30.8 Å². The minimum absolute atomic E-state index is 0.0149. The molecule has 2 heterocycles. The van der Waals surface area contributed by atoms with Gasteiger partial charge in [-0.3, -0.25) is 0 Å². The van der Waals surface area contributed by atoms with Crippen LogP contribution in [-0.4, -0.2) is 49.5 Å². The van der Waals surface area contributed by atoms with Crippen LogP contribution in [-0.2, 0) is 10.0 Å². The lowest BCUT2D eigenvalue weighted by atomic mass is 10.1. The molecule has 11 heteroatoms. The van der Waals surface area contributed by atoms with E-state index in [1.165, 1.54) is 6.07 Å². The normalized spacial score (nSPS) is 16.8. The number of anilines is 4. The minimum atomic E-state index is -3.89. The predicted octanol–water partition coefficient (Wildman–Crippen LogP) is 3.53. The molecule has 1 aliphatic rings. The second-order valence-electron chi connectivity index (χ2n) is 8.34. The van der Waals surface area contributed by atoms with Gasteiger partial charge in [0.1, 0.15) is 11.9 Å². The molecule has 0 bridgehead atoms. The summed E-state index contributed by atoms with van der Waals surface area (Å²) < 4.78 is 44.1. The molecule has 0 radical (unpaired) electrons. The second kappa shape index (κ2) is 9.92. The highest BCUT2D eigenvalue weighted by Crippen LogP contribution is 2.26. The molecule has 2 aromatic carbocycles. The van der Waals surface area contributed by atoms with E-state index < -0.39 is 15.8 Å². The van der Waals surface area contributed by atoms with Gasteiger partial charge >= 0.3 is 0 Å². The van der Waals surface area contributed by atoms with Gasteiger partial charge in [0.15, 0.2) is 11.6 Å². The number of halogens is 1. The number of aromatic nitrogens is 2. The molecule has 4 rings (SSSR count). The van der Waals surface area contributed by atoms with Crippen molar-refractivity contribution >= 4 is 33.2 Å². The molecule has 1 saturated heterocycles. The van der Waals surface area contributed by atoms with Crippen LogP contribution in [0.1, 0.15) is 18.4 Å². The molecule has 1 aromatic heterocycles. The number of likely N-dealkylation sites (N-methyl/N-ethyl adjacent to an activating group) is 1. The lowest BCUT2D eigenvalue weighted by Crippen LogP contribution is -2.38. The van der Waals surface area contributed by atoms with Crippen LogP contribution < -0.4 is 20.5 Å².